The molecule has 0 fully saturated rings. The molecule has 0 saturated heterocycles. The van der Waals surface area contributed by atoms with Crippen LogP contribution in [0.3, 0.4) is 0 Å². The largest absolute Gasteiger partial charge is 0.492 e. The van der Waals surface area contributed by atoms with E-state index in [0.717, 1.165) is 5.69 Å². The normalized spacial score (nSPS) is 11.5. The number of aliphatic hydroxyl groups is 1. The van der Waals surface area contributed by atoms with Crippen LogP contribution in [0.4, 0.5) is 0 Å². The fraction of sp³-hybridized carbons (Fsp3) is 0.375. The summed E-state index contributed by atoms with van der Waals surface area (Å²) in [7, 11) is 0. The van der Waals surface area contributed by atoms with Crippen molar-refractivity contribution in [1.29, 1.82) is 0 Å². The summed E-state index contributed by atoms with van der Waals surface area (Å²) in [4.78, 5) is 12.0. The standard InChI is InChI=1S/C16H20N2O3/c1-5-21-14-9-7-6-8-12(14)18-11(2)10-13(19)15(17-18)16(3,4)20/h6-10,20H,5H2,1-4H3. The molecule has 5 nitrogen and oxygen atoms in total. The minimum absolute atomic E-state index is 0.111. The van der Waals surface area contributed by atoms with Gasteiger partial charge in [0.2, 0.25) is 5.43 Å². The Hall–Kier alpha value is -2.14. The van der Waals surface area contributed by atoms with E-state index in [9.17, 15) is 9.90 Å². The summed E-state index contributed by atoms with van der Waals surface area (Å²) in [6, 6.07) is 8.94. The molecule has 5 heteroatoms. The van der Waals surface area contributed by atoms with Crippen LogP contribution in [0.2, 0.25) is 0 Å². The minimum Gasteiger partial charge on any atom is -0.492 e. The first kappa shape index (κ1) is 15.3. The van der Waals surface area contributed by atoms with Crippen LogP contribution in [0, 0.1) is 6.92 Å². The molecule has 0 aliphatic rings. The van der Waals surface area contributed by atoms with Gasteiger partial charge in [-0.05, 0) is 39.8 Å². The van der Waals surface area contributed by atoms with Gasteiger partial charge < -0.3 is 9.84 Å². The maximum atomic E-state index is 12.0. The average Bonchev–Trinajstić information content (AvgIpc) is 2.39. The van der Waals surface area contributed by atoms with Crippen molar-refractivity contribution in [2.24, 2.45) is 0 Å². The van der Waals surface area contributed by atoms with Gasteiger partial charge in [0, 0.05) is 11.8 Å². The third-order valence-corrected chi connectivity index (χ3v) is 3.08. The van der Waals surface area contributed by atoms with Crippen molar-refractivity contribution in [1.82, 2.24) is 9.78 Å². The zero-order chi connectivity index (χ0) is 15.6. The van der Waals surface area contributed by atoms with Crippen molar-refractivity contribution in [2.75, 3.05) is 6.61 Å². The van der Waals surface area contributed by atoms with E-state index in [4.69, 9.17) is 4.74 Å². The van der Waals surface area contributed by atoms with E-state index in [-0.39, 0.29) is 11.1 Å². The zero-order valence-corrected chi connectivity index (χ0v) is 12.8. The maximum Gasteiger partial charge on any atom is 0.206 e. The molecule has 112 valence electrons. The number of rotatable bonds is 4. The second kappa shape index (κ2) is 5.69. The van der Waals surface area contributed by atoms with Gasteiger partial charge >= 0.3 is 0 Å². The third kappa shape index (κ3) is 3.13. The number of hydrogen-bond donors (Lipinski definition) is 1. The van der Waals surface area contributed by atoms with E-state index in [1.165, 1.54) is 6.07 Å². The van der Waals surface area contributed by atoms with Gasteiger partial charge in [0.05, 0.1) is 6.61 Å². The molecule has 21 heavy (non-hydrogen) atoms. The Labute approximate surface area is 123 Å². The highest BCUT2D eigenvalue weighted by Crippen LogP contribution is 2.23. The van der Waals surface area contributed by atoms with Gasteiger partial charge in [0.25, 0.3) is 0 Å². The number of para-hydroxylation sites is 2. The predicted molar refractivity (Wildman–Crippen MR) is 81.0 cm³/mol. The van der Waals surface area contributed by atoms with E-state index in [2.05, 4.69) is 5.10 Å². The first-order chi connectivity index (χ1) is 9.84. The number of benzene rings is 1. The Kier molecular flexibility index (Phi) is 4.14. The third-order valence-electron chi connectivity index (χ3n) is 3.08. The molecular weight excluding hydrogens is 268 g/mol. The Balaban J connectivity index is 2.67. The predicted octanol–water partition coefficient (Wildman–Crippen LogP) is 2.17. The molecule has 0 bridgehead atoms. The van der Waals surface area contributed by atoms with Crippen LogP contribution < -0.4 is 10.2 Å². The Bertz CT molecular complexity index is 699. The van der Waals surface area contributed by atoms with Crippen molar-refractivity contribution in [3.05, 3.63) is 51.9 Å². The number of ether oxygens (including phenoxy) is 1. The Morgan fingerprint density at radius 3 is 2.62 bits per heavy atom. The minimum atomic E-state index is -1.30. The Morgan fingerprint density at radius 2 is 2.00 bits per heavy atom. The summed E-state index contributed by atoms with van der Waals surface area (Å²) in [5.74, 6) is 0.681. The van der Waals surface area contributed by atoms with Crippen LogP contribution >= 0.6 is 0 Å². The molecule has 0 saturated carbocycles. The van der Waals surface area contributed by atoms with Gasteiger partial charge in [-0.25, -0.2) is 4.68 Å². The van der Waals surface area contributed by atoms with Crippen molar-refractivity contribution in [2.45, 2.75) is 33.3 Å². The SMILES string of the molecule is CCOc1ccccc1-n1nc(C(C)(C)O)c(=O)cc1C. The van der Waals surface area contributed by atoms with Crippen molar-refractivity contribution >= 4 is 0 Å². The van der Waals surface area contributed by atoms with Crippen LogP contribution in [0.25, 0.3) is 5.69 Å². The smallest absolute Gasteiger partial charge is 0.206 e. The maximum absolute atomic E-state index is 12.0. The molecule has 0 aliphatic carbocycles. The molecular formula is C16H20N2O3. The van der Waals surface area contributed by atoms with Gasteiger partial charge in [-0.3, -0.25) is 4.79 Å². The number of aryl methyl sites for hydroxylation is 1. The summed E-state index contributed by atoms with van der Waals surface area (Å²) < 4.78 is 7.23. The van der Waals surface area contributed by atoms with Gasteiger partial charge in [-0.15, -0.1) is 0 Å². The summed E-state index contributed by atoms with van der Waals surface area (Å²) in [6.45, 7) is 7.33. The van der Waals surface area contributed by atoms with Crippen LogP contribution in [-0.2, 0) is 5.60 Å². The first-order valence-corrected chi connectivity index (χ1v) is 6.90. The lowest BCUT2D eigenvalue weighted by Crippen LogP contribution is -2.30. The molecule has 1 heterocycles. The summed E-state index contributed by atoms with van der Waals surface area (Å²) in [5, 5.41) is 14.4. The van der Waals surface area contributed by atoms with E-state index in [1.54, 1.807) is 25.5 Å². The quantitative estimate of drug-likeness (QED) is 0.936. The fourth-order valence-corrected chi connectivity index (χ4v) is 2.12. The van der Waals surface area contributed by atoms with Crippen LogP contribution in [0.1, 0.15) is 32.2 Å². The highest BCUT2D eigenvalue weighted by molar-refractivity contribution is 5.46. The second-order valence-electron chi connectivity index (χ2n) is 5.37. The number of nitrogens with zero attached hydrogens (tertiary/aromatic N) is 2. The van der Waals surface area contributed by atoms with E-state index in [1.807, 2.05) is 31.2 Å². The lowest BCUT2D eigenvalue weighted by Gasteiger charge is -2.19. The van der Waals surface area contributed by atoms with Crippen LogP contribution in [0.15, 0.2) is 35.1 Å². The second-order valence-corrected chi connectivity index (χ2v) is 5.37. The molecule has 1 N–H and O–H groups in total. The molecule has 0 radical (unpaired) electrons. The van der Waals surface area contributed by atoms with Crippen LogP contribution in [-0.4, -0.2) is 21.5 Å². The van der Waals surface area contributed by atoms with Crippen molar-refractivity contribution in [3.63, 3.8) is 0 Å². The summed E-state index contributed by atoms with van der Waals surface area (Å²) >= 11 is 0. The van der Waals surface area contributed by atoms with Gasteiger partial charge in [0.1, 0.15) is 22.7 Å². The molecule has 0 aliphatic heterocycles. The summed E-state index contributed by atoms with van der Waals surface area (Å²) in [5.41, 5.74) is -0.0420. The van der Waals surface area contributed by atoms with Crippen molar-refractivity contribution in [3.8, 4) is 11.4 Å². The van der Waals surface area contributed by atoms with E-state index >= 15 is 0 Å². The lowest BCUT2D eigenvalue weighted by atomic mass is 10.0. The number of hydrogen-bond acceptors (Lipinski definition) is 4. The van der Waals surface area contributed by atoms with E-state index < -0.39 is 5.60 Å². The van der Waals surface area contributed by atoms with Gasteiger partial charge in [-0.2, -0.15) is 5.10 Å². The molecule has 2 aromatic rings. The molecule has 0 atom stereocenters. The number of aromatic nitrogens is 2. The Morgan fingerprint density at radius 1 is 1.33 bits per heavy atom. The molecule has 0 unspecified atom stereocenters. The topological polar surface area (TPSA) is 64.3 Å². The van der Waals surface area contributed by atoms with Gasteiger partial charge in [-0.1, -0.05) is 12.1 Å². The zero-order valence-electron chi connectivity index (χ0n) is 12.8. The molecule has 0 amide bonds. The van der Waals surface area contributed by atoms with Crippen molar-refractivity contribution < 1.29 is 9.84 Å². The highest BCUT2D eigenvalue weighted by Gasteiger charge is 2.23. The first-order valence-electron chi connectivity index (χ1n) is 6.90. The van der Waals surface area contributed by atoms with Crippen LogP contribution in [0.5, 0.6) is 5.75 Å². The fourth-order valence-electron chi connectivity index (χ4n) is 2.12. The average molecular weight is 288 g/mol. The molecule has 0 spiro atoms. The van der Waals surface area contributed by atoms with E-state index in [0.29, 0.717) is 18.1 Å². The molecule has 1 aromatic heterocycles. The molecule has 1 aromatic carbocycles. The monoisotopic (exact) mass is 288 g/mol. The lowest BCUT2D eigenvalue weighted by molar-refractivity contribution is 0.0709. The summed E-state index contributed by atoms with van der Waals surface area (Å²) in [6.07, 6.45) is 0. The highest BCUT2D eigenvalue weighted by atomic mass is 16.5. The van der Waals surface area contributed by atoms with Gasteiger partial charge in [0.15, 0.2) is 0 Å². The molecule has 2 rings (SSSR count).